The summed E-state index contributed by atoms with van der Waals surface area (Å²) in [7, 11) is 1.63. The Balaban J connectivity index is 1.51. The molecule has 4 nitrogen and oxygen atoms in total. The Labute approximate surface area is 132 Å². The Hall–Kier alpha value is -1.55. The molecular weight excluding hydrogens is 276 g/mol. The predicted molar refractivity (Wildman–Crippen MR) is 88.1 cm³/mol. The minimum absolute atomic E-state index is 0.0718. The number of carbonyl (C=O) groups excluding carboxylic acids is 1. The van der Waals surface area contributed by atoms with Gasteiger partial charge in [-0.05, 0) is 43.4 Å². The molecular formula is C18H26N2O2. The summed E-state index contributed by atoms with van der Waals surface area (Å²) in [6.07, 6.45) is 6.77. The van der Waals surface area contributed by atoms with Crippen LogP contribution in [0.1, 0.15) is 32.1 Å². The number of nitrogens with one attached hydrogen (secondary N) is 1. The minimum Gasteiger partial charge on any atom is -0.497 e. The number of anilines is 1. The largest absolute Gasteiger partial charge is 0.497 e. The van der Waals surface area contributed by atoms with Gasteiger partial charge in [0.2, 0.25) is 5.91 Å². The van der Waals surface area contributed by atoms with Crippen LogP contribution >= 0.6 is 0 Å². The van der Waals surface area contributed by atoms with E-state index in [-0.39, 0.29) is 5.91 Å². The van der Waals surface area contributed by atoms with Gasteiger partial charge in [0.05, 0.1) is 13.7 Å². The lowest BCUT2D eigenvalue weighted by Crippen LogP contribution is -2.44. The third-order valence-electron chi connectivity index (χ3n) is 5.10. The Morgan fingerprint density at radius 1 is 1.27 bits per heavy atom. The van der Waals surface area contributed by atoms with Gasteiger partial charge in [-0.1, -0.05) is 25.3 Å². The molecule has 1 aliphatic carbocycles. The van der Waals surface area contributed by atoms with Crippen LogP contribution in [0.5, 0.6) is 5.75 Å². The van der Waals surface area contributed by atoms with Crippen LogP contribution in [0.25, 0.3) is 0 Å². The van der Waals surface area contributed by atoms with Gasteiger partial charge in [0.25, 0.3) is 0 Å². The van der Waals surface area contributed by atoms with Crippen molar-refractivity contribution in [3.63, 3.8) is 0 Å². The third kappa shape index (κ3) is 3.80. The molecule has 3 rings (SSSR count). The van der Waals surface area contributed by atoms with Gasteiger partial charge in [-0.2, -0.15) is 0 Å². The smallest absolute Gasteiger partial charge is 0.238 e. The van der Waals surface area contributed by atoms with Crippen molar-refractivity contribution in [2.24, 2.45) is 11.8 Å². The fourth-order valence-corrected chi connectivity index (χ4v) is 3.92. The van der Waals surface area contributed by atoms with E-state index in [1.165, 1.54) is 32.1 Å². The van der Waals surface area contributed by atoms with Crippen LogP contribution in [0, 0.1) is 11.8 Å². The highest BCUT2D eigenvalue weighted by Crippen LogP contribution is 2.35. The molecule has 1 aliphatic heterocycles. The molecule has 2 aliphatic rings. The first-order chi connectivity index (χ1) is 10.7. The molecule has 0 aromatic heterocycles. The van der Waals surface area contributed by atoms with E-state index in [0.717, 1.165) is 36.4 Å². The zero-order valence-electron chi connectivity index (χ0n) is 13.4. The lowest BCUT2D eigenvalue weighted by Gasteiger charge is -2.41. The quantitative estimate of drug-likeness (QED) is 0.929. The van der Waals surface area contributed by atoms with Crippen molar-refractivity contribution in [2.45, 2.75) is 32.1 Å². The number of likely N-dealkylation sites (tertiary alicyclic amines) is 1. The number of fused-ring (bicyclic) bond motifs is 1. The van der Waals surface area contributed by atoms with Crippen LogP contribution in [0.3, 0.4) is 0 Å². The van der Waals surface area contributed by atoms with Crippen LogP contribution in [0.2, 0.25) is 0 Å². The maximum absolute atomic E-state index is 12.2. The molecule has 0 spiro atoms. The van der Waals surface area contributed by atoms with Gasteiger partial charge in [0.1, 0.15) is 5.75 Å². The second-order valence-electron chi connectivity index (χ2n) is 6.61. The monoisotopic (exact) mass is 302 g/mol. The average molecular weight is 302 g/mol. The maximum atomic E-state index is 12.2. The first kappa shape index (κ1) is 15.3. The summed E-state index contributed by atoms with van der Waals surface area (Å²) in [5, 5.41) is 2.98. The van der Waals surface area contributed by atoms with Gasteiger partial charge in [-0.25, -0.2) is 0 Å². The number of ether oxygens (including phenoxy) is 1. The molecule has 0 radical (unpaired) electrons. The number of hydrogen-bond donors (Lipinski definition) is 1. The van der Waals surface area contributed by atoms with Gasteiger partial charge in [0, 0.05) is 18.3 Å². The first-order valence-corrected chi connectivity index (χ1v) is 8.41. The summed E-state index contributed by atoms with van der Waals surface area (Å²) in [4.78, 5) is 14.6. The van der Waals surface area contributed by atoms with E-state index < -0.39 is 0 Å². The van der Waals surface area contributed by atoms with E-state index in [4.69, 9.17) is 4.74 Å². The molecule has 1 heterocycles. The lowest BCUT2D eigenvalue weighted by molar-refractivity contribution is -0.118. The zero-order valence-corrected chi connectivity index (χ0v) is 13.4. The van der Waals surface area contributed by atoms with Crippen molar-refractivity contribution < 1.29 is 9.53 Å². The SMILES string of the molecule is COc1cccc(NC(=O)CN2CC[C@@H]3CCCC[C@@H]3C2)c1. The Morgan fingerprint density at radius 3 is 2.91 bits per heavy atom. The number of rotatable bonds is 4. The maximum Gasteiger partial charge on any atom is 0.238 e. The van der Waals surface area contributed by atoms with Gasteiger partial charge in [0.15, 0.2) is 0 Å². The fourth-order valence-electron chi connectivity index (χ4n) is 3.92. The van der Waals surface area contributed by atoms with E-state index in [1.54, 1.807) is 7.11 Å². The number of methoxy groups -OCH3 is 1. The topological polar surface area (TPSA) is 41.6 Å². The van der Waals surface area contributed by atoms with Crippen molar-refractivity contribution >= 4 is 11.6 Å². The Kier molecular flexibility index (Phi) is 4.98. The highest BCUT2D eigenvalue weighted by Gasteiger charge is 2.31. The van der Waals surface area contributed by atoms with Crippen molar-refractivity contribution in [1.29, 1.82) is 0 Å². The number of benzene rings is 1. The number of piperidine rings is 1. The number of nitrogens with zero attached hydrogens (tertiary/aromatic N) is 1. The van der Waals surface area contributed by atoms with Crippen molar-refractivity contribution in [3.05, 3.63) is 24.3 Å². The molecule has 0 unspecified atom stereocenters. The Bertz CT molecular complexity index is 518. The average Bonchev–Trinajstić information content (AvgIpc) is 2.55. The van der Waals surface area contributed by atoms with Crippen LogP contribution in [0.4, 0.5) is 5.69 Å². The van der Waals surface area contributed by atoms with Crippen LogP contribution in [-0.4, -0.2) is 37.6 Å². The van der Waals surface area contributed by atoms with E-state index >= 15 is 0 Å². The summed E-state index contributed by atoms with van der Waals surface area (Å²) in [5.41, 5.74) is 0.803. The van der Waals surface area contributed by atoms with E-state index in [0.29, 0.717) is 6.54 Å². The van der Waals surface area contributed by atoms with Gasteiger partial charge in [-0.15, -0.1) is 0 Å². The summed E-state index contributed by atoms with van der Waals surface area (Å²) in [6.45, 7) is 2.66. The van der Waals surface area contributed by atoms with Crippen molar-refractivity contribution in [2.75, 3.05) is 32.1 Å². The summed E-state index contributed by atoms with van der Waals surface area (Å²) in [6, 6.07) is 7.52. The number of amides is 1. The second-order valence-corrected chi connectivity index (χ2v) is 6.61. The molecule has 2 fully saturated rings. The molecule has 1 saturated carbocycles. The van der Waals surface area contributed by atoms with Crippen LogP contribution in [0.15, 0.2) is 24.3 Å². The molecule has 2 atom stereocenters. The van der Waals surface area contributed by atoms with Gasteiger partial charge < -0.3 is 10.1 Å². The molecule has 1 saturated heterocycles. The summed E-state index contributed by atoms with van der Waals surface area (Å²) in [5.74, 6) is 2.56. The number of carbonyl (C=O) groups is 1. The first-order valence-electron chi connectivity index (χ1n) is 8.41. The summed E-state index contributed by atoms with van der Waals surface area (Å²) < 4.78 is 5.18. The van der Waals surface area contributed by atoms with Crippen LogP contribution in [-0.2, 0) is 4.79 Å². The minimum atomic E-state index is 0.0718. The van der Waals surface area contributed by atoms with E-state index in [1.807, 2.05) is 24.3 Å². The van der Waals surface area contributed by atoms with Gasteiger partial charge in [-0.3, -0.25) is 9.69 Å². The molecule has 4 heteroatoms. The molecule has 1 amide bonds. The Morgan fingerprint density at radius 2 is 2.09 bits per heavy atom. The highest BCUT2D eigenvalue weighted by atomic mass is 16.5. The molecule has 120 valence electrons. The predicted octanol–water partition coefficient (Wildman–Crippen LogP) is 3.15. The standard InChI is InChI=1S/C18H26N2O2/c1-22-17-8-4-7-16(11-17)19-18(21)13-20-10-9-14-5-2-3-6-15(14)12-20/h4,7-8,11,14-15H,2-3,5-6,9-10,12-13H2,1H3,(H,19,21)/t14-,15+/m0/s1. The highest BCUT2D eigenvalue weighted by molar-refractivity contribution is 5.92. The molecule has 1 aromatic carbocycles. The van der Waals surface area contributed by atoms with E-state index in [9.17, 15) is 4.79 Å². The van der Waals surface area contributed by atoms with Crippen LogP contribution < -0.4 is 10.1 Å². The molecule has 1 aromatic rings. The molecule has 0 bridgehead atoms. The number of hydrogen-bond acceptors (Lipinski definition) is 3. The van der Waals surface area contributed by atoms with Crippen molar-refractivity contribution in [3.8, 4) is 5.75 Å². The molecule has 1 N–H and O–H groups in total. The normalized spacial score (nSPS) is 25.3. The fraction of sp³-hybridized carbons (Fsp3) is 0.611. The molecule has 22 heavy (non-hydrogen) atoms. The second kappa shape index (κ2) is 7.14. The summed E-state index contributed by atoms with van der Waals surface area (Å²) >= 11 is 0. The lowest BCUT2D eigenvalue weighted by atomic mass is 9.75. The van der Waals surface area contributed by atoms with Crippen molar-refractivity contribution in [1.82, 2.24) is 4.90 Å². The van der Waals surface area contributed by atoms with E-state index in [2.05, 4.69) is 10.2 Å². The van der Waals surface area contributed by atoms with Gasteiger partial charge >= 0.3 is 0 Å². The zero-order chi connectivity index (χ0) is 15.4. The third-order valence-corrected chi connectivity index (χ3v) is 5.10.